The first-order chi connectivity index (χ1) is 17.0. The molecule has 35 heavy (non-hydrogen) atoms. The Morgan fingerprint density at radius 1 is 1.03 bits per heavy atom. The number of amides is 1. The van der Waals surface area contributed by atoms with E-state index in [2.05, 4.69) is 10.2 Å². The van der Waals surface area contributed by atoms with E-state index in [-0.39, 0.29) is 18.3 Å². The molecule has 0 saturated heterocycles. The normalized spacial score (nSPS) is 14.6. The van der Waals surface area contributed by atoms with Crippen LogP contribution in [0.25, 0.3) is 11.3 Å². The number of aromatic nitrogens is 2. The van der Waals surface area contributed by atoms with Crippen LogP contribution in [0.1, 0.15) is 44.9 Å². The number of rotatable bonds is 6. The Labute approximate surface area is 201 Å². The second-order valence-corrected chi connectivity index (χ2v) is 8.03. The van der Waals surface area contributed by atoms with Crippen molar-refractivity contribution in [3.63, 3.8) is 0 Å². The van der Waals surface area contributed by atoms with Crippen molar-refractivity contribution >= 4 is 17.6 Å². The van der Waals surface area contributed by atoms with Crippen molar-refractivity contribution in [1.29, 1.82) is 0 Å². The van der Waals surface area contributed by atoms with E-state index >= 15 is 0 Å². The van der Waals surface area contributed by atoms with Crippen LogP contribution >= 0.6 is 0 Å². The molecule has 0 bridgehead atoms. The van der Waals surface area contributed by atoms with Gasteiger partial charge in [-0.15, -0.1) is 0 Å². The number of aromatic amines is 1. The summed E-state index contributed by atoms with van der Waals surface area (Å²) in [6.45, 7) is 2.03. The first-order valence-corrected chi connectivity index (χ1v) is 11.1. The minimum Gasteiger partial charge on any atom is -0.508 e. The lowest BCUT2D eigenvalue weighted by atomic mass is 9.95. The number of aromatic hydroxyl groups is 1. The Morgan fingerprint density at radius 3 is 2.34 bits per heavy atom. The van der Waals surface area contributed by atoms with E-state index in [4.69, 9.17) is 9.47 Å². The zero-order valence-electron chi connectivity index (χ0n) is 19.2. The van der Waals surface area contributed by atoms with E-state index in [1.807, 2.05) is 24.3 Å². The molecular formula is C27H23N3O5. The van der Waals surface area contributed by atoms with E-state index in [0.29, 0.717) is 22.6 Å². The maximum absolute atomic E-state index is 13.6. The first kappa shape index (κ1) is 22.2. The summed E-state index contributed by atoms with van der Waals surface area (Å²) >= 11 is 0. The van der Waals surface area contributed by atoms with Crippen molar-refractivity contribution < 1.29 is 24.2 Å². The summed E-state index contributed by atoms with van der Waals surface area (Å²) in [6, 6.07) is 20.5. The number of ether oxygens (including phenoxy) is 2. The Morgan fingerprint density at radius 2 is 1.71 bits per heavy atom. The van der Waals surface area contributed by atoms with Crippen LogP contribution in [-0.4, -0.2) is 40.9 Å². The van der Waals surface area contributed by atoms with Crippen LogP contribution < -0.4 is 9.64 Å². The van der Waals surface area contributed by atoms with Crippen molar-refractivity contribution in [2.24, 2.45) is 0 Å². The Balaban J connectivity index is 1.62. The van der Waals surface area contributed by atoms with Crippen LogP contribution in [0.15, 0.2) is 72.8 Å². The predicted molar refractivity (Wildman–Crippen MR) is 130 cm³/mol. The highest BCUT2D eigenvalue weighted by Gasteiger charge is 2.43. The highest BCUT2D eigenvalue weighted by Crippen LogP contribution is 2.45. The van der Waals surface area contributed by atoms with Gasteiger partial charge in [-0.05, 0) is 73.2 Å². The first-order valence-electron chi connectivity index (χ1n) is 11.1. The molecule has 2 heterocycles. The maximum Gasteiger partial charge on any atom is 0.338 e. The van der Waals surface area contributed by atoms with Gasteiger partial charge in [0.1, 0.15) is 17.2 Å². The summed E-state index contributed by atoms with van der Waals surface area (Å²) in [5.74, 6) is 0.189. The third-order valence-electron chi connectivity index (χ3n) is 6.00. The summed E-state index contributed by atoms with van der Waals surface area (Å²) < 4.78 is 10.3. The van der Waals surface area contributed by atoms with Crippen LogP contribution in [0.5, 0.6) is 11.5 Å². The lowest BCUT2D eigenvalue weighted by Gasteiger charge is -2.26. The number of anilines is 1. The summed E-state index contributed by atoms with van der Waals surface area (Å²) in [5, 5.41) is 17.2. The van der Waals surface area contributed by atoms with Gasteiger partial charge in [0.05, 0.1) is 31.0 Å². The second kappa shape index (κ2) is 8.98. The van der Waals surface area contributed by atoms with Gasteiger partial charge in [-0.1, -0.05) is 12.1 Å². The van der Waals surface area contributed by atoms with Crippen LogP contribution in [0.2, 0.25) is 0 Å². The van der Waals surface area contributed by atoms with E-state index < -0.39 is 12.0 Å². The van der Waals surface area contributed by atoms with E-state index in [9.17, 15) is 14.7 Å². The van der Waals surface area contributed by atoms with Crippen LogP contribution in [0.4, 0.5) is 5.69 Å². The van der Waals surface area contributed by atoms with Gasteiger partial charge in [0, 0.05) is 16.8 Å². The average molecular weight is 469 g/mol. The standard InChI is InChI=1S/C27H23N3O5/c1-3-35-27(33)18-4-10-19(11-5-18)30-25(17-6-12-20(31)13-7-17)22-23(28-29-24(22)26(30)32)16-8-14-21(34-2)15-9-16/h4-15,25,31H,3H2,1-2H3,(H,28,29). The zero-order valence-corrected chi connectivity index (χ0v) is 19.2. The zero-order chi connectivity index (χ0) is 24.5. The van der Waals surface area contributed by atoms with Gasteiger partial charge < -0.3 is 14.6 Å². The van der Waals surface area contributed by atoms with Gasteiger partial charge in [-0.3, -0.25) is 14.8 Å². The van der Waals surface area contributed by atoms with Gasteiger partial charge in [0.25, 0.3) is 5.91 Å². The monoisotopic (exact) mass is 469 g/mol. The molecule has 1 atom stereocenters. The van der Waals surface area contributed by atoms with Gasteiger partial charge in [0.15, 0.2) is 0 Å². The van der Waals surface area contributed by atoms with E-state index in [0.717, 1.165) is 22.4 Å². The quantitative estimate of drug-likeness (QED) is 0.396. The largest absolute Gasteiger partial charge is 0.508 e. The molecule has 8 heteroatoms. The fourth-order valence-electron chi connectivity index (χ4n) is 4.33. The highest BCUT2D eigenvalue weighted by molar-refractivity contribution is 6.12. The SMILES string of the molecule is CCOC(=O)c1ccc(N2C(=O)c3[nH]nc(-c4ccc(OC)cc4)c3C2c2ccc(O)cc2)cc1. The minimum atomic E-state index is -0.498. The van der Waals surface area contributed by atoms with Gasteiger partial charge in [-0.25, -0.2) is 4.79 Å². The molecule has 4 aromatic rings. The Bertz CT molecular complexity index is 1380. The molecule has 176 valence electrons. The molecule has 8 nitrogen and oxygen atoms in total. The van der Waals surface area contributed by atoms with Crippen molar-refractivity contribution in [3.05, 3.63) is 95.2 Å². The lowest BCUT2D eigenvalue weighted by Crippen LogP contribution is -2.29. The Hall–Kier alpha value is -4.59. The molecule has 1 aliphatic rings. The second-order valence-electron chi connectivity index (χ2n) is 8.03. The van der Waals surface area contributed by atoms with E-state index in [1.165, 1.54) is 0 Å². The molecule has 1 amide bonds. The molecule has 5 rings (SSSR count). The minimum absolute atomic E-state index is 0.131. The Kier molecular flexibility index (Phi) is 5.70. The molecule has 0 spiro atoms. The van der Waals surface area contributed by atoms with Gasteiger partial charge in [-0.2, -0.15) is 5.10 Å². The topological polar surface area (TPSA) is 105 Å². The number of benzene rings is 3. The number of phenols is 1. The lowest BCUT2D eigenvalue weighted by molar-refractivity contribution is 0.0526. The smallest absolute Gasteiger partial charge is 0.338 e. The molecular weight excluding hydrogens is 446 g/mol. The predicted octanol–water partition coefficient (Wildman–Crippen LogP) is 4.72. The molecule has 1 aliphatic heterocycles. The summed E-state index contributed by atoms with van der Waals surface area (Å²) in [5.41, 5.74) is 4.44. The summed E-state index contributed by atoms with van der Waals surface area (Å²) in [6.07, 6.45) is 0. The van der Waals surface area contributed by atoms with Crippen molar-refractivity contribution in [2.75, 3.05) is 18.6 Å². The molecule has 0 aliphatic carbocycles. The number of nitrogens with one attached hydrogen (secondary N) is 1. The number of nitrogens with zero attached hydrogens (tertiary/aromatic N) is 2. The molecule has 2 N–H and O–H groups in total. The number of fused-ring (bicyclic) bond motifs is 1. The number of hydrogen-bond acceptors (Lipinski definition) is 6. The van der Waals surface area contributed by atoms with Crippen LogP contribution in [0.3, 0.4) is 0 Å². The molecule has 0 radical (unpaired) electrons. The van der Waals surface area contributed by atoms with Gasteiger partial charge in [0.2, 0.25) is 0 Å². The van der Waals surface area contributed by atoms with E-state index in [1.54, 1.807) is 67.5 Å². The maximum atomic E-state index is 13.6. The fourth-order valence-corrected chi connectivity index (χ4v) is 4.33. The highest BCUT2D eigenvalue weighted by atomic mass is 16.5. The van der Waals surface area contributed by atoms with Crippen molar-refractivity contribution in [3.8, 4) is 22.8 Å². The fraction of sp³-hybridized carbons (Fsp3) is 0.148. The number of carbonyl (C=O) groups is 2. The molecule has 1 unspecified atom stereocenters. The molecule has 3 aromatic carbocycles. The van der Waals surface area contributed by atoms with Gasteiger partial charge >= 0.3 is 5.97 Å². The molecule has 0 saturated carbocycles. The van der Waals surface area contributed by atoms with Crippen molar-refractivity contribution in [1.82, 2.24) is 10.2 Å². The third kappa shape index (κ3) is 3.89. The van der Waals surface area contributed by atoms with Crippen molar-refractivity contribution in [2.45, 2.75) is 13.0 Å². The number of phenolic OH excluding ortho intramolecular Hbond substituents is 1. The number of esters is 1. The molecule has 0 fully saturated rings. The average Bonchev–Trinajstić information content (AvgIpc) is 3.44. The number of methoxy groups -OCH3 is 1. The number of carbonyl (C=O) groups excluding carboxylic acids is 2. The molecule has 1 aromatic heterocycles. The summed E-state index contributed by atoms with van der Waals surface area (Å²) in [4.78, 5) is 27.4. The van der Waals surface area contributed by atoms with Crippen LogP contribution in [0, 0.1) is 0 Å². The number of H-pyrrole nitrogens is 1. The number of hydrogen-bond donors (Lipinski definition) is 2. The summed E-state index contributed by atoms with van der Waals surface area (Å²) in [7, 11) is 1.60. The third-order valence-corrected chi connectivity index (χ3v) is 6.00. The van der Waals surface area contributed by atoms with Crippen LogP contribution in [-0.2, 0) is 4.74 Å².